The Labute approximate surface area is 152 Å². The Balaban J connectivity index is 1.75. The predicted molar refractivity (Wildman–Crippen MR) is 101 cm³/mol. The monoisotopic (exact) mass is 350 g/mol. The van der Waals surface area contributed by atoms with Crippen LogP contribution in [-0.2, 0) is 6.54 Å². The lowest BCUT2D eigenvalue weighted by atomic mass is 9.94. The van der Waals surface area contributed by atoms with Gasteiger partial charge in [-0.2, -0.15) is 0 Å². The van der Waals surface area contributed by atoms with Gasteiger partial charge in [-0.25, -0.2) is 0 Å². The number of likely N-dealkylation sites (N-methyl/N-ethyl adjacent to an activating group) is 1. The van der Waals surface area contributed by atoms with E-state index in [4.69, 9.17) is 9.84 Å². The molecule has 1 aliphatic carbocycles. The highest BCUT2D eigenvalue weighted by Gasteiger charge is 2.20. The number of nitrogens with one attached hydrogen (secondary N) is 1. The highest BCUT2D eigenvalue weighted by Crippen LogP contribution is 2.22. The first kappa shape index (κ1) is 20.2. The summed E-state index contributed by atoms with van der Waals surface area (Å²) in [4.78, 5) is 2.29. The van der Waals surface area contributed by atoms with Crippen molar-refractivity contribution in [3.8, 4) is 5.75 Å². The molecule has 1 unspecified atom stereocenters. The van der Waals surface area contributed by atoms with Crippen molar-refractivity contribution in [1.29, 1.82) is 0 Å². The van der Waals surface area contributed by atoms with Gasteiger partial charge < -0.3 is 25.2 Å². The third-order valence-corrected chi connectivity index (χ3v) is 4.93. The minimum absolute atomic E-state index is 0.200. The zero-order chi connectivity index (χ0) is 17.9. The first-order valence-electron chi connectivity index (χ1n) is 9.61. The van der Waals surface area contributed by atoms with Crippen LogP contribution in [0.25, 0.3) is 0 Å². The van der Waals surface area contributed by atoms with Gasteiger partial charge in [0.25, 0.3) is 0 Å². The molecule has 3 N–H and O–H groups in total. The van der Waals surface area contributed by atoms with Crippen LogP contribution >= 0.6 is 0 Å². The Morgan fingerprint density at radius 3 is 2.76 bits per heavy atom. The zero-order valence-electron chi connectivity index (χ0n) is 15.5. The van der Waals surface area contributed by atoms with E-state index in [0.29, 0.717) is 25.7 Å². The summed E-state index contributed by atoms with van der Waals surface area (Å²) in [6.45, 7) is 2.64. The summed E-state index contributed by atoms with van der Waals surface area (Å²) in [6, 6.07) is 8.52. The number of aliphatic hydroxyl groups is 2. The van der Waals surface area contributed by atoms with Crippen molar-refractivity contribution in [2.24, 2.45) is 0 Å². The van der Waals surface area contributed by atoms with Crippen molar-refractivity contribution in [1.82, 2.24) is 10.2 Å². The van der Waals surface area contributed by atoms with Crippen molar-refractivity contribution in [2.75, 3.05) is 33.4 Å². The Bertz CT molecular complexity index is 478. The molecule has 0 bridgehead atoms. The highest BCUT2D eigenvalue weighted by atomic mass is 16.5. The van der Waals surface area contributed by atoms with Crippen LogP contribution in [0, 0.1) is 0 Å². The van der Waals surface area contributed by atoms with Gasteiger partial charge in [0.05, 0.1) is 0 Å². The smallest absolute Gasteiger partial charge is 0.123 e. The molecule has 0 radical (unpaired) electrons. The first-order chi connectivity index (χ1) is 12.2. The van der Waals surface area contributed by atoms with E-state index in [2.05, 4.69) is 17.3 Å². The molecule has 25 heavy (non-hydrogen) atoms. The van der Waals surface area contributed by atoms with E-state index in [1.807, 2.05) is 24.3 Å². The van der Waals surface area contributed by atoms with Crippen molar-refractivity contribution >= 4 is 0 Å². The van der Waals surface area contributed by atoms with Crippen LogP contribution in [0.4, 0.5) is 0 Å². The number of aliphatic hydroxyl groups excluding tert-OH is 2. The van der Waals surface area contributed by atoms with Crippen LogP contribution in [0.15, 0.2) is 24.3 Å². The maximum atomic E-state index is 10.3. The molecule has 0 aromatic heterocycles. The van der Waals surface area contributed by atoms with E-state index in [-0.39, 0.29) is 6.61 Å². The summed E-state index contributed by atoms with van der Waals surface area (Å²) in [5.74, 6) is 0.818. The minimum Gasteiger partial charge on any atom is -0.491 e. The Kier molecular flexibility index (Phi) is 9.26. The molecule has 1 fully saturated rings. The standard InChI is InChI=1S/C20H34N2O3/c1-22(18-9-3-2-4-10-18)15-19(24)16-25-20-11-6-5-8-17(20)14-21-12-7-13-23/h5-6,8,11,18-19,21,23-24H,2-4,7,9-10,12-16H2,1H3. The summed E-state index contributed by atoms with van der Waals surface area (Å²) in [5.41, 5.74) is 1.08. The summed E-state index contributed by atoms with van der Waals surface area (Å²) >= 11 is 0. The van der Waals surface area contributed by atoms with E-state index < -0.39 is 6.10 Å². The number of para-hydroxylation sites is 1. The largest absolute Gasteiger partial charge is 0.491 e. The van der Waals surface area contributed by atoms with Crippen LogP contribution in [0.5, 0.6) is 5.75 Å². The molecule has 142 valence electrons. The molecule has 0 saturated heterocycles. The lowest BCUT2D eigenvalue weighted by Gasteiger charge is -2.32. The van der Waals surface area contributed by atoms with Gasteiger partial charge >= 0.3 is 0 Å². The van der Waals surface area contributed by atoms with Crippen LogP contribution in [0.3, 0.4) is 0 Å². The van der Waals surface area contributed by atoms with Gasteiger partial charge in [-0.15, -0.1) is 0 Å². The molecule has 1 saturated carbocycles. The van der Waals surface area contributed by atoms with Crippen LogP contribution in [0.1, 0.15) is 44.1 Å². The molecule has 0 heterocycles. The van der Waals surface area contributed by atoms with E-state index in [9.17, 15) is 5.11 Å². The fourth-order valence-corrected chi connectivity index (χ4v) is 3.46. The van der Waals surface area contributed by atoms with Crippen molar-refractivity contribution in [3.63, 3.8) is 0 Å². The molecule has 1 atom stereocenters. The number of nitrogens with zero attached hydrogens (tertiary/aromatic N) is 1. The van der Waals surface area contributed by atoms with Gasteiger partial charge in [-0.1, -0.05) is 37.5 Å². The van der Waals surface area contributed by atoms with Crippen LogP contribution < -0.4 is 10.1 Å². The van der Waals surface area contributed by atoms with E-state index >= 15 is 0 Å². The number of hydrogen-bond donors (Lipinski definition) is 3. The Hall–Kier alpha value is -1.14. The number of ether oxygens (including phenoxy) is 1. The van der Waals surface area contributed by atoms with E-state index in [0.717, 1.165) is 24.3 Å². The lowest BCUT2D eigenvalue weighted by Crippen LogP contribution is -2.40. The number of benzene rings is 1. The molecule has 0 aliphatic heterocycles. The second-order valence-electron chi connectivity index (χ2n) is 7.06. The highest BCUT2D eigenvalue weighted by molar-refractivity contribution is 5.33. The van der Waals surface area contributed by atoms with Crippen molar-refractivity contribution in [2.45, 2.75) is 57.2 Å². The number of hydrogen-bond acceptors (Lipinski definition) is 5. The SMILES string of the molecule is CN(CC(O)COc1ccccc1CNCCCO)C1CCCCC1. The predicted octanol–water partition coefficient (Wildman–Crippen LogP) is 2.16. The van der Waals surface area contributed by atoms with Gasteiger partial charge in [0.15, 0.2) is 0 Å². The van der Waals surface area contributed by atoms with Gasteiger partial charge in [0.2, 0.25) is 0 Å². The molecule has 5 heteroatoms. The van der Waals surface area contributed by atoms with Crippen LogP contribution in [0.2, 0.25) is 0 Å². The van der Waals surface area contributed by atoms with E-state index in [1.54, 1.807) is 0 Å². The van der Waals surface area contributed by atoms with E-state index in [1.165, 1.54) is 32.1 Å². The molecular formula is C20H34N2O3. The number of rotatable bonds is 11. The Morgan fingerprint density at radius 1 is 1.24 bits per heavy atom. The van der Waals surface area contributed by atoms with Gasteiger partial charge in [-0.05, 0) is 38.9 Å². The third-order valence-electron chi connectivity index (χ3n) is 4.93. The normalized spacial score (nSPS) is 17.0. The first-order valence-corrected chi connectivity index (χ1v) is 9.61. The summed E-state index contributed by atoms with van der Waals surface area (Å²) in [6.07, 6.45) is 6.70. The van der Waals surface area contributed by atoms with Gasteiger partial charge in [0.1, 0.15) is 18.5 Å². The summed E-state index contributed by atoms with van der Waals surface area (Å²) in [5, 5.41) is 22.5. The minimum atomic E-state index is -0.484. The maximum Gasteiger partial charge on any atom is 0.123 e. The van der Waals surface area contributed by atoms with Gasteiger partial charge in [-0.3, -0.25) is 0 Å². The third kappa shape index (κ3) is 7.32. The molecule has 1 aromatic carbocycles. The molecule has 0 spiro atoms. The fraction of sp³-hybridized carbons (Fsp3) is 0.700. The van der Waals surface area contributed by atoms with Crippen molar-refractivity contribution in [3.05, 3.63) is 29.8 Å². The average molecular weight is 351 g/mol. The average Bonchev–Trinajstić information content (AvgIpc) is 2.65. The molecule has 5 nitrogen and oxygen atoms in total. The topological polar surface area (TPSA) is 65.0 Å². The molecular weight excluding hydrogens is 316 g/mol. The lowest BCUT2D eigenvalue weighted by molar-refractivity contribution is 0.0558. The quantitative estimate of drug-likeness (QED) is 0.534. The van der Waals surface area contributed by atoms with Crippen molar-refractivity contribution < 1.29 is 14.9 Å². The maximum absolute atomic E-state index is 10.3. The molecule has 0 amide bonds. The summed E-state index contributed by atoms with van der Waals surface area (Å²) < 4.78 is 5.88. The molecule has 1 aliphatic rings. The second kappa shape index (κ2) is 11.5. The second-order valence-corrected chi connectivity index (χ2v) is 7.06. The molecule has 1 aromatic rings. The fourth-order valence-electron chi connectivity index (χ4n) is 3.46. The van der Waals surface area contributed by atoms with Gasteiger partial charge in [0, 0.05) is 31.3 Å². The Morgan fingerprint density at radius 2 is 2.00 bits per heavy atom. The molecule has 2 rings (SSSR count). The summed E-state index contributed by atoms with van der Waals surface area (Å²) in [7, 11) is 2.11. The zero-order valence-corrected chi connectivity index (χ0v) is 15.5. The van der Waals surface area contributed by atoms with Crippen LogP contribution in [-0.4, -0.2) is 60.6 Å².